The zero-order valence-electron chi connectivity index (χ0n) is 9.88. The van der Waals surface area contributed by atoms with Crippen molar-refractivity contribution >= 4 is 5.91 Å². The Hall–Kier alpha value is -1.49. The third-order valence-corrected chi connectivity index (χ3v) is 3.40. The van der Waals surface area contributed by atoms with Crippen LogP contribution in [0.4, 0.5) is 8.78 Å². The van der Waals surface area contributed by atoms with Gasteiger partial charge in [-0.3, -0.25) is 4.79 Å². The molecule has 0 spiro atoms. The molecule has 0 aliphatic heterocycles. The van der Waals surface area contributed by atoms with Gasteiger partial charge in [-0.25, -0.2) is 8.78 Å². The Bertz CT molecular complexity index is 458. The number of benzene rings is 1. The molecule has 1 saturated carbocycles. The summed E-state index contributed by atoms with van der Waals surface area (Å²) in [7, 11) is 0. The van der Waals surface area contributed by atoms with Gasteiger partial charge in [-0.05, 0) is 42.9 Å². The van der Waals surface area contributed by atoms with Crippen LogP contribution in [0.3, 0.4) is 0 Å². The molecule has 2 N–H and O–H groups in total. The molecule has 1 aliphatic carbocycles. The maximum Gasteiger partial charge on any atom is 0.254 e. The van der Waals surface area contributed by atoms with E-state index < -0.39 is 17.5 Å². The number of nitrogens with one attached hydrogen (secondary N) is 1. The lowest BCUT2D eigenvalue weighted by Crippen LogP contribution is -2.31. The van der Waals surface area contributed by atoms with Gasteiger partial charge in [0, 0.05) is 13.2 Å². The van der Waals surface area contributed by atoms with Gasteiger partial charge >= 0.3 is 0 Å². The van der Waals surface area contributed by atoms with Gasteiger partial charge in [0.15, 0.2) is 0 Å². The van der Waals surface area contributed by atoms with Crippen molar-refractivity contribution in [3.63, 3.8) is 0 Å². The Balaban J connectivity index is 1.98. The normalized spacial score (nSPS) is 16.4. The van der Waals surface area contributed by atoms with Crippen LogP contribution in [0.15, 0.2) is 18.2 Å². The number of carbonyl (C=O) groups excluding carboxylic acids is 1. The monoisotopic (exact) mass is 255 g/mol. The second-order valence-corrected chi connectivity index (χ2v) is 4.78. The van der Waals surface area contributed by atoms with Crippen molar-refractivity contribution in [1.29, 1.82) is 0 Å². The molecule has 18 heavy (non-hydrogen) atoms. The van der Waals surface area contributed by atoms with E-state index in [-0.39, 0.29) is 17.6 Å². The Kier molecular flexibility index (Phi) is 3.61. The highest BCUT2D eigenvalue weighted by Crippen LogP contribution is 2.47. The molecule has 0 saturated heterocycles. The third-order valence-electron chi connectivity index (χ3n) is 3.40. The second kappa shape index (κ2) is 5.02. The van der Waals surface area contributed by atoms with Crippen LogP contribution >= 0.6 is 0 Å². The molecule has 0 radical (unpaired) electrons. The number of aliphatic hydroxyl groups is 1. The molecule has 0 atom stereocenters. The minimum Gasteiger partial charge on any atom is -0.396 e. The standard InChI is InChI=1S/C13H15F2NO2/c14-9-1-2-11(15)10(7-9)12(18)16-8-13(3-4-13)5-6-17/h1-2,7,17H,3-6,8H2,(H,16,18). The summed E-state index contributed by atoms with van der Waals surface area (Å²) in [4.78, 5) is 11.7. The maximum atomic E-state index is 13.3. The second-order valence-electron chi connectivity index (χ2n) is 4.78. The zero-order valence-corrected chi connectivity index (χ0v) is 9.88. The fourth-order valence-corrected chi connectivity index (χ4v) is 1.96. The first-order chi connectivity index (χ1) is 8.56. The highest BCUT2D eigenvalue weighted by molar-refractivity contribution is 5.94. The zero-order chi connectivity index (χ0) is 13.2. The van der Waals surface area contributed by atoms with Crippen LogP contribution in [0.2, 0.25) is 0 Å². The third kappa shape index (κ3) is 2.85. The molecule has 1 amide bonds. The van der Waals surface area contributed by atoms with E-state index >= 15 is 0 Å². The number of rotatable bonds is 5. The predicted octanol–water partition coefficient (Wildman–Crippen LogP) is 1.86. The number of aliphatic hydroxyl groups excluding tert-OH is 1. The van der Waals surface area contributed by atoms with Gasteiger partial charge in [0.05, 0.1) is 5.56 Å². The number of halogens is 2. The summed E-state index contributed by atoms with van der Waals surface area (Å²) >= 11 is 0. The summed E-state index contributed by atoms with van der Waals surface area (Å²) in [6.07, 6.45) is 2.51. The van der Waals surface area contributed by atoms with Crippen molar-refractivity contribution in [1.82, 2.24) is 5.32 Å². The van der Waals surface area contributed by atoms with E-state index in [1.54, 1.807) is 0 Å². The largest absolute Gasteiger partial charge is 0.396 e. The molecule has 0 unspecified atom stereocenters. The fraction of sp³-hybridized carbons (Fsp3) is 0.462. The molecule has 1 aromatic carbocycles. The Labute approximate surface area is 104 Å². The van der Waals surface area contributed by atoms with Crippen molar-refractivity contribution in [2.75, 3.05) is 13.2 Å². The molecule has 98 valence electrons. The van der Waals surface area contributed by atoms with Crippen LogP contribution in [0.5, 0.6) is 0 Å². The molecular weight excluding hydrogens is 240 g/mol. The lowest BCUT2D eigenvalue weighted by Gasteiger charge is -2.14. The lowest BCUT2D eigenvalue weighted by atomic mass is 10.0. The van der Waals surface area contributed by atoms with Gasteiger partial charge in [-0.15, -0.1) is 0 Å². The molecule has 1 fully saturated rings. The molecule has 1 aliphatic rings. The Morgan fingerprint density at radius 2 is 2.11 bits per heavy atom. The smallest absolute Gasteiger partial charge is 0.254 e. The van der Waals surface area contributed by atoms with Crippen LogP contribution in [0, 0.1) is 17.0 Å². The molecule has 0 bridgehead atoms. The average Bonchev–Trinajstić information content (AvgIpc) is 3.10. The van der Waals surface area contributed by atoms with Crippen LogP contribution < -0.4 is 5.32 Å². The molecule has 5 heteroatoms. The first-order valence-electron chi connectivity index (χ1n) is 5.90. The van der Waals surface area contributed by atoms with Crippen LogP contribution in [0.25, 0.3) is 0 Å². The first-order valence-corrected chi connectivity index (χ1v) is 5.90. The Morgan fingerprint density at radius 3 is 2.72 bits per heavy atom. The van der Waals surface area contributed by atoms with Gasteiger partial charge < -0.3 is 10.4 Å². The highest BCUT2D eigenvalue weighted by atomic mass is 19.1. The van der Waals surface area contributed by atoms with E-state index in [1.807, 2.05) is 0 Å². The number of amides is 1. The Morgan fingerprint density at radius 1 is 1.39 bits per heavy atom. The number of carbonyl (C=O) groups is 1. The van der Waals surface area contributed by atoms with Gasteiger partial charge in [-0.2, -0.15) is 0 Å². The fourth-order valence-electron chi connectivity index (χ4n) is 1.96. The van der Waals surface area contributed by atoms with Gasteiger partial charge in [0.1, 0.15) is 11.6 Å². The van der Waals surface area contributed by atoms with Crippen LogP contribution in [-0.2, 0) is 0 Å². The SMILES string of the molecule is O=C(NCC1(CCO)CC1)c1cc(F)ccc1F. The van der Waals surface area contributed by atoms with E-state index in [4.69, 9.17) is 5.11 Å². The van der Waals surface area contributed by atoms with Crippen molar-refractivity contribution in [3.8, 4) is 0 Å². The van der Waals surface area contributed by atoms with Crippen molar-refractivity contribution in [2.24, 2.45) is 5.41 Å². The summed E-state index contributed by atoms with van der Waals surface area (Å²) in [6, 6.07) is 2.79. The molecule has 0 aromatic heterocycles. The summed E-state index contributed by atoms with van der Waals surface area (Å²) in [5.74, 6) is -1.99. The minimum absolute atomic E-state index is 0.0474. The quantitative estimate of drug-likeness (QED) is 0.843. The minimum atomic E-state index is -0.735. The van der Waals surface area contributed by atoms with Gasteiger partial charge in [-0.1, -0.05) is 0 Å². The van der Waals surface area contributed by atoms with Crippen molar-refractivity contribution in [3.05, 3.63) is 35.4 Å². The highest BCUT2D eigenvalue weighted by Gasteiger charge is 2.41. The van der Waals surface area contributed by atoms with Gasteiger partial charge in [0.2, 0.25) is 0 Å². The molecule has 1 aromatic rings. The summed E-state index contributed by atoms with van der Waals surface area (Å²) < 4.78 is 26.3. The predicted molar refractivity (Wildman–Crippen MR) is 62.1 cm³/mol. The molecular formula is C13H15F2NO2. The molecule has 0 heterocycles. The summed E-state index contributed by atoms with van der Waals surface area (Å²) in [5, 5.41) is 11.5. The number of hydrogen-bond donors (Lipinski definition) is 2. The number of hydrogen-bond acceptors (Lipinski definition) is 2. The van der Waals surface area contributed by atoms with Gasteiger partial charge in [0.25, 0.3) is 5.91 Å². The topological polar surface area (TPSA) is 49.3 Å². The van der Waals surface area contributed by atoms with E-state index in [0.717, 1.165) is 31.0 Å². The van der Waals surface area contributed by atoms with Crippen molar-refractivity contribution < 1.29 is 18.7 Å². The van der Waals surface area contributed by atoms with E-state index in [9.17, 15) is 13.6 Å². The summed E-state index contributed by atoms with van der Waals surface area (Å²) in [6.45, 7) is 0.465. The lowest BCUT2D eigenvalue weighted by molar-refractivity contribution is 0.0936. The van der Waals surface area contributed by atoms with E-state index in [2.05, 4.69) is 5.32 Å². The summed E-state index contributed by atoms with van der Waals surface area (Å²) in [5.41, 5.74) is -0.330. The van der Waals surface area contributed by atoms with E-state index in [1.165, 1.54) is 0 Å². The van der Waals surface area contributed by atoms with E-state index in [0.29, 0.717) is 13.0 Å². The van der Waals surface area contributed by atoms with Crippen molar-refractivity contribution in [2.45, 2.75) is 19.3 Å². The van der Waals surface area contributed by atoms with Crippen LogP contribution in [0.1, 0.15) is 29.6 Å². The first kappa shape index (κ1) is 13.0. The molecule has 3 nitrogen and oxygen atoms in total. The maximum absolute atomic E-state index is 13.3. The van der Waals surface area contributed by atoms with Crippen LogP contribution in [-0.4, -0.2) is 24.2 Å². The average molecular weight is 255 g/mol. The molecule has 2 rings (SSSR count).